The number of hydrogen-bond donors (Lipinski definition) is 4. The summed E-state index contributed by atoms with van der Waals surface area (Å²) in [5.74, 6) is -6.45. The van der Waals surface area contributed by atoms with Crippen LogP contribution >= 0.6 is 23.2 Å². The summed E-state index contributed by atoms with van der Waals surface area (Å²) < 4.78 is 141. The minimum absolute atomic E-state index is 0.00497. The van der Waals surface area contributed by atoms with Gasteiger partial charge in [0.2, 0.25) is 35.4 Å². The van der Waals surface area contributed by atoms with Crippen LogP contribution in [0.25, 0.3) is 66.1 Å². The van der Waals surface area contributed by atoms with E-state index < -0.39 is 101 Å². The van der Waals surface area contributed by atoms with Crippen molar-refractivity contribution in [1.82, 2.24) is 59.6 Å². The zero-order chi connectivity index (χ0) is 82.0. The summed E-state index contributed by atoms with van der Waals surface area (Å²) in [5.41, 5.74) is 0.585. The minimum Gasteiger partial charge on any atom is -0.480 e. The standard InChI is InChI=1S/C77H71Cl2F2N15O15S3/c1-42-22-54(14-16-60(42)80)113(105,106)95(66-28-51(32-84-73(66)110-8)48-11-19-63-57(25-48)75(100)92(37-86-63)34-44(3)69(97)82-6)41-90-71(99)46(5)36-94-39-88-64-20-12-49(26-58(64)77(94)102)52-29-67(74(111-9)85-33-52)96(114(107,108)55-15-17-61(81)43(2)23-55)40-89-70(98)45(4)35-93-38-87-62-18-10-47(24-56(62)76(93)101)50-27-65(72(109-7)83-31-50)91-112(103,104)68-21-13-53(78)30-59(68)79/h10-33,37-39,44-46,91H,34-36,40-41H2,1-9H3,(H,82,97)(H,89,98)(H,90,99)/t44-,45-,46+/m0/s1. The average Bonchev–Trinajstić information content (AvgIpc) is 0.768. The first kappa shape index (κ1) is 81.2. The van der Waals surface area contributed by atoms with Crippen molar-refractivity contribution < 1.29 is 62.6 Å². The molecule has 0 spiro atoms. The Balaban J connectivity index is 0.793. The molecule has 3 amide bonds. The van der Waals surface area contributed by atoms with Crippen molar-refractivity contribution in [3.05, 3.63) is 229 Å². The maximum atomic E-state index is 15.0. The summed E-state index contributed by atoms with van der Waals surface area (Å²) in [4.78, 5) is 109. The molecule has 30 nitrogen and oxygen atoms in total. The van der Waals surface area contributed by atoms with Crippen LogP contribution in [-0.2, 0) is 64.1 Å². The summed E-state index contributed by atoms with van der Waals surface area (Å²) in [6, 6.07) is 28.5. The summed E-state index contributed by atoms with van der Waals surface area (Å²) in [7, 11) is -8.59. The Labute approximate surface area is 660 Å². The first-order chi connectivity index (χ1) is 54.2. The van der Waals surface area contributed by atoms with Gasteiger partial charge in [0.05, 0.1) is 106 Å². The molecule has 6 aromatic carbocycles. The highest BCUT2D eigenvalue weighted by Crippen LogP contribution is 2.39. The Morgan fingerprint density at radius 2 is 0.851 bits per heavy atom. The van der Waals surface area contributed by atoms with E-state index in [2.05, 4.69) is 50.6 Å². The molecule has 0 saturated heterocycles. The molecule has 0 bridgehead atoms. The maximum absolute atomic E-state index is 15.0. The molecule has 0 aliphatic heterocycles. The highest BCUT2D eigenvalue weighted by molar-refractivity contribution is 7.93. The third-order valence-corrected chi connectivity index (χ3v) is 24.4. The molecule has 6 aromatic heterocycles. The summed E-state index contributed by atoms with van der Waals surface area (Å²) >= 11 is 12.3. The number of carbonyl (C=O) groups is 3. The van der Waals surface area contributed by atoms with Gasteiger partial charge in [0.1, 0.15) is 46.9 Å². The van der Waals surface area contributed by atoms with Gasteiger partial charge in [-0.25, -0.2) is 72.5 Å². The molecule has 12 aromatic rings. The lowest BCUT2D eigenvalue weighted by Crippen LogP contribution is -2.44. The SMILES string of the molecule is CNC(=O)[C@@H](C)Cn1cnc2ccc(-c3cnc(OC)c(N(CNC(=O)[C@H](C)Cn4cnc5ccc(-c6cnc(OC)c(N(CNC(=O)[C@@H](C)Cn7cnc8ccc(-c9cnc(OC)c(NS(=O)(=O)c%10ccc(Cl)cc%10Cl)c9)cc8c7=O)S(=O)(=O)c7ccc(F)c(C)c7)c6)cc5c4=O)S(=O)(=O)c4ccc(F)c(C)c4)c3)cc2c1=O. The topological polar surface area (TPSA) is 379 Å². The first-order valence-corrected chi connectivity index (χ1v) is 39.8. The second-order valence-corrected chi connectivity index (χ2v) is 32.7. The number of nitrogens with zero attached hydrogens (tertiary/aromatic N) is 11. The highest BCUT2D eigenvalue weighted by atomic mass is 35.5. The van der Waals surface area contributed by atoms with Gasteiger partial charge in [0.25, 0.3) is 46.7 Å². The van der Waals surface area contributed by atoms with Gasteiger partial charge in [-0.05, 0) is 151 Å². The molecule has 0 aliphatic rings. The van der Waals surface area contributed by atoms with Crippen LogP contribution in [0.2, 0.25) is 10.0 Å². The Kier molecular flexibility index (Phi) is 23.6. The number of ether oxygens (including phenoxy) is 3. The van der Waals surface area contributed by atoms with E-state index in [1.54, 1.807) is 43.3 Å². The lowest BCUT2D eigenvalue weighted by Gasteiger charge is -2.27. The highest BCUT2D eigenvalue weighted by Gasteiger charge is 2.34. The van der Waals surface area contributed by atoms with Gasteiger partial charge >= 0.3 is 0 Å². The van der Waals surface area contributed by atoms with E-state index in [4.69, 9.17) is 37.4 Å². The van der Waals surface area contributed by atoms with Gasteiger partial charge < -0.3 is 30.2 Å². The van der Waals surface area contributed by atoms with Crippen molar-refractivity contribution in [2.75, 3.05) is 55.0 Å². The quantitative estimate of drug-likeness (QED) is 0.0331. The largest absolute Gasteiger partial charge is 0.480 e. The van der Waals surface area contributed by atoms with Crippen LogP contribution in [0.1, 0.15) is 31.9 Å². The number of fused-ring (bicyclic) bond motifs is 3. The zero-order valence-corrected chi connectivity index (χ0v) is 66.1. The molecule has 4 N–H and O–H groups in total. The van der Waals surface area contributed by atoms with E-state index >= 15 is 8.42 Å². The fourth-order valence-electron chi connectivity index (χ4n) is 12.5. The predicted molar refractivity (Wildman–Crippen MR) is 424 cm³/mol. The molecule has 0 saturated carbocycles. The first-order valence-electron chi connectivity index (χ1n) is 34.7. The smallest absolute Gasteiger partial charge is 0.266 e. The molecule has 0 unspecified atom stereocenters. The number of pyridine rings is 3. The molecule has 114 heavy (non-hydrogen) atoms. The van der Waals surface area contributed by atoms with Crippen molar-refractivity contribution in [3.63, 3.8) is 0 Å². The number of benzene rings is 6. The molecule has 0 fully saturated rings. The third-order valence-electron chi connectivity index (χ3n) is 18.8. The van der Waals surface area contributed by atoms with Crippen LogP contribution in [0.3, 0.4) is 0 Å². The van der Waals surface area contributed by atoms with Gasteiger partial charge in [-0.3, -0.25) is 47.2 Å². The van der Waals surface area contributed by atoms with Crippen LogP contribution < -0.4 is 60.2 Å². The maximum Gasteiger partial charge on any atom is 0.266 e. The van der Waals surface area contributed by atoms with E-state index in [1.165, 1.54) is 162 Å². The zero-order valence-electron chi connectivity index (χ0n) is 62.1. The summed E-state index contributed by atoms with van der Waals surface area (Å²) in [6.45, 7) is 5.23. The Bertz CT molecular complexity index is 6440. The Morgan fingerprint density at radius 3 is 1.22 bits per heavy atom. The number of carbonyl (C=O) groups excluding carboxylic acids is 3. The molecular weight excluding hydrogens is 1580 g/mol. The Hall–Kier alpha value is -12.3. The van der Waals surface area contributed by atoms with Crippen molar-refractivity contribution in [3.8, 4) is 51.0 Å². The lowest BCUT2D eigenvalue weighted by atomic mass is 10.0. The Morgan fingerprint density at radius 1 is 0.474 bits per heavy atom. The van der Waals surface area contributed by atoms with E-state index in [1.807, 2.05) is 0 Å². The van der Waals surface area contributed by atoms with Crippen LogP contribution in [0, 0.1) is 43.2 Å². The number of aromatic nitrogens is 9. The fourth-order valence-corrected chi connectivity index (χ4v) is 17.2. The molecule has 6 heterocycles. The van der Waals surface area contributed by atoms with Crippen molar-refractivity contribution in [1.29, 1.82) is 0 Å². The molecule has 3 atom stereocenters. The second-order valence-electron chi connectivity index (χ2n) is 26.5. The number of methoxy groups -OCH3 is 3. The summed E-state index contributed by atoms with van der Waals surface area (Å²) in [6.07, 6.45) is 7.94. The van der Waals surface area contributed by atoms with E-state index in [0.29, 0.717) is 33.3 Å². The van der Waals surface area contributed by atoms with Gasteiger partial charge in [-0.15, -0.1) is 0 Å². The number of sulfonamides is 3. The van der Waals surface area contributed by atoms with Gasteiger partial charge in [0, 0.05) is 67.0 Å². The van der Waals surface area contributed by atoms with Crippen molar-refractivity contribution in [2.24, 2.45) is 17.8 Å². The number of anilines is 3. The van der Waals surface area contributed by atoms with Crippen molar-refractivity contribution in [2.45, 2.75) is 68.9 Å². The van der Waals surface area contributed by atoms with E-state index in [9.17, 15) is 54.4 Å². The fraction of sp³-hybridized carbons (Fsp3) is 0.221. The molecule has 590 valence electrons. The number of halogens is 4. The van der Waals surface area contributed by atoms with Gasteiger partial charge in [-0.1, -0.05) is 62.2 Å². The van der Waals surface area contributed by atoms with Gasteiger partial charge in [-0.2, -0.15) is 0 Å². The third kappa shape index (κ3) is 16.8. The molecule has 12 rings (SSSR count). The second kappa shape index (κ2) is 33.2. The number of rotatable bonds is 28. The van der Waals surface area contributed by atoms with Crippen LogP contribution in [0.5, 0.6) is 17.6 Å². The number of hydrogen-bond acceptors (Lipinski definition) is 21. The van der Waals surface area contributed by atoms with E-state index in [0.717, 1.165) is 45.0 Å². The lowest BCUT2D eigenvalue weighted by molar-refractivity contribution is -0.125. The average molecular weight is 1650 g/mol. The summed E-state index contributed by atoms with van der Waals surface area (Å²) in [5, 5.41) is 8.27. The predicted octanol–water partition coefficient (Wildman–Crippen LogP) is 9.62. The van der Waals surface area contributed by atoms with Crippen LogP contribution in [-0.4, -0.2) is 128 Å². The number of nitrogens with one attached hydrogen (secondary N) is 4. The molecular formula is C77H71Cl2F2N15O15S3. The number of aryl methyl sites for hydroxylation is 2. The molecule has 0 aliphatic carbocycles. The van der Waals surface area contributed by atoms with Crippen molar-refractivity contribution >= 4 is 121 Å². The molecule has 0 radical (unpaired) electrons. The van der Waals surface area contributed by atoms with E-state index in [-0.39, 0.29) is 129 Å². The van der Waals surface area contributed by atoms with Crippen LogP contribution in [0.15, 0.2) is 194 Å². The monoisotopic (exact) mass is 1650 g/mol. The van der Waals surface area contributed by atoms with Crippen LogP contribution in [0.4, 0.5) is 25.8 Å². The number of amides is 3. The van der Waals surface area contributed by atoms with Gasteiger partial charge in [0.15, 0.2) is 0 Å². The minimum atomic E-state index is -4.79. The molecule has 37 heteroatoms. The normalized spacial score (nSPS) is 12.6.